The van der Waals surface area contributed by atoms with E-state index in [2.05, 4.69) is 32.6 Å². The van der Waals surface area contributed by atoms with Crippen molar-refractivity contribution in [1.29, 1.82) is 0 Å². The third-order valence-electron chi connectivity index (χ3n) is 5.00. The summed E-state index contributed by atoms with van der Waals surface area (Å²) in [7, 11) is 0. The molecule has 0 aliphatic heterocycles. The highest BCUT2D eigenvalue weighted by atomic mass is 32.2. The normalized spacial score (nSPS) is 13.2. The van der Waals surface area contributed by atoms with Crippen LogP contribution in [-0.4, -0.2) is 26.8 Å². The summed E-state index contributed by atoms with van der Waals surface area (Å²) in [4.78, 5) is 16.6. The Labute approximate surface area is 187 Å². The number of amides is 1. The Morgan fingerprint density at radius 1 is 1.13 bits per heavy atom. The summed E-state index contributed by atoms with van der Waals surface area (Å²) in [6.07, 6.45) is 4.74. The molecule has 0 atom stereocenters. The lowest BCUT2D eigenvalue weighted by molar-refractivity contribution is -0.113. The number of carbonyl (C=O) groups is 1. The fraction of sp³-hybridized carbons (Fsp3) is 0.273. The quantitative estimate of drug-likeness (QED) is 0.400. The SMILES string of the molecule is O=C(CSc1nnc(COc2ccc3c(c2)CCCC3)o1)Nc1nc2ccccc2s1. The molecule has 0 bridgehead atoms. The highest BCUT2D eigenvalue weighted by Crippen LogP contribution is 2.27. The first kappa shape index (κ1) is 20.0. The van der Waals surface area contributed by atoms with Crippen LogP contribution in [0.25, 0.3) is 10.2 Å². The number of rotatable bonds is 7. The maximum atomic E-state index is 12.2. The number of nitrogens with zero attached hydrogens (tertiary/aromatic N) is 3. The second-order valence-corrected chi connectivity index (χ2v) is 9.17. The van der Waals surface area contributed by atoms with Gasteiger partial charge in [-0.1, -0.05) is 41.3 Å². The number of aromatic nitrogens is 3. The Kier molecular flexibility index (Phi) is 5.86. The van der Waals surface area contributed by atoms with Gasteiger partial charge in [-0.05, 0) is 61.1 Å². The number of nitrogens with one attached hydrogen (secondary N) is 1. The van der Waals surface area contributed by atoms with Crippen molar-refractivity contribution in [2.75, 3.05) is 11.1 Å². The van der Waals surface area contributed by atoms with Crippen LogP contribution in [0.5, 0.6) is 5.75 Å². The average Bonchev–Trinajstić information content (AvgIpc) is 3.42. The van der Waals surface area contributed by atoms with Crippen molar-refractivity contribution in [2.24, 2.45) is 0 Å². The van der Waals surface area contributed by atoms with E-state index in [-0.39, 0.29) is 18.3 Å². The second-order valence-electron chi connectivity index (χ2n) is 7.21. The fourth-order valence-corrected chi connectivity index (χ4v) is 4.97. The molecule has 0 spiro atoms. The van der Waals surface area contributed by atoms with Gasteiger partial charge >= 0.3 is 0 Å². The summed E-state index contributed by atoms with van der Waals surface area (Å²) in [6, 6.07) is 14.0. The average molecular weight is 453 g/mol. The molecule has 2 aromatic heterocycles. The highest BCUT2D eigenvalue weighted by Gasteiger charge is 2.13. The first-order valence-corrected chi connectivity index (χ1v) is 11.9. The summed E-state index contributed by atoms with van der Waals surface area (Å²) >= 11 is 2.63. The molecule has 0 fully saturated rings. The van der Waals surface area contributed by atoms with E-state index >= 15 is 0 Å². The number of hydrogen-bond donors (Lipinski definition) is 1. The number of thiazole rings is 1. The van der Waals surface area contributed by atoms with Gasteiger partial charge in [0.25, 0.3) is 11.1 Å². The number of carbonyl (C=O) groups excluding carboxylic acids is 1. The minimum absolute atomic E-state index is 0.156. The summed E-state index contributed by atoms with van der Waals surface area (Å²) in [5, 5.41) is 11.7. The number of aryl methyl sites for hydroxylation is 2. The van der Waals surface area contributed by atoms with Gasteiger partial charge in [0.2, 0.25) is 5.91 Å². The predicted octanol–water partition coefficient (Wildman–Crippen LogP) is 4.87. The number of anilines is 1. The monoisotopic (exact) mass is 452 g/mol. The van der Waals surface area contributed by atoms with Crippen molar-refractivity contribution in [3.8, 4) is 5.75 Å². The first-order valence-electron chi connectivity index (χ1n) is 10.1. The third-order valence-corrected chi connectivity index (χ3v) is 6.77. The Balaban J connectivity index is 1.11. The maximum absolute atomic E-state index is 12.2. The molecule has 4 aromatic rings. The van der Waals surface area contributed by atoms with Gasteiger partial charge in [-0.2, -0.15) is 0 Å². The van der Waals surface area contributed by atoms with Crippen LogP contribution >= 0.6 is 23.1 Å². The van der Waals surface area contributed by atoms with Crippen LogP contribution in [-0.2, 0) is 24.2 Å². The molecule has 0 saturated carbocycles. The standard InChI is InChI=1S/C22H20N4O3S2/c27-19(24-21-23-17-7-3-4-8-18(17)31-21)13-30-22-26-25-20(29-22)12-28-16-10-9-14-5-1-2-6-15(14)11-16/h3-4,7-11H,1-2,5-6,12-13H2,(H,23,24,27). The molecular formula is C22H20N4O3S2. The Bertz CT molecular complexity index is 1190. The highest BCUT2D eigenvalue weighted by molar-refractivity contribution is 7.99. The molecule has 1 aliphatic rings. The first-order chi connectivity index (χ1) is 15.2. The van der Waals surface area contributed by atoms with Gasteiger partial charge in [-0.15, -0.1) is 10.2 Å². The largest absolute Gasteiger partial charge is 0.484 e. The number of para-hydroxylation sites is 1. The molecule has 1 amide bonds. The van der Waals surface area contributed by atoms with Crippen molar-refractivity contribution in [3.05, 3.63) is 59.5 Å². The minimum Gasteiger partial charge on any atom is -0.484 e. The topological polar surface area (TPSA) is 90.1 Å². The zero-order valence-corrected chi connectivity index (χ0v) is 18.3. The van der Waals surface area contributed by atoms with Crippen molar-refractivity contribution < 1.29 is 13.9 Å². The smallest absolute Gasteiger partial charge is 0.277 e. The van der Waals surface area contributed by atoms with Crippen molar-refractivity contribution in [1.82, 2.24) is 15.2 Å². The van der Waals surface area contributed by atoms with E-state index in [1.165, 1.54) is 47.1 Å². The zero-order valence-electron chi connectivity index (χ0n) is 16.7. The third kappa shape index (κ3) is 4.88. The summed E-state index contributed by atoms with van der Waals surface area (Å²) < 4.78 is 12.4. The van der Waals surface area contributed by atoms with Gasteiger partial charge in [0, 0.05) is 0 Å². The predicted molar refractivity (Wildman–Crippen MR) is 121 cm³/mol. The van der Waals surface area contributed by atoms with Crippen molar-refractivity contribution in [2.45, 2.75) is 37.5 Å². The molecule has 158 valence electrons. The van der Waals surface area contributed by atoms with Crippen LogP contribution in [0.2, 0.25) is 0 Å². The van der Waals surface area contributed by atoms with Crippen molar-refractivity contribution >= 4 is 44.4 Å². The molecule has 1 N–H and O–H groups in total. The molecule has 7 nitrogen and oxygen atoms in total. The molecule has 0 unspecified atom stereocenters. The number of benzene rings is 2. The van der Waals surface area contributed by atoms with Crippen LogP contribution in [0.1, 0.15) is 29.9 Å². The van der Waals surface area contributed by atoms with Gasteiger partial charge in [0.15, 0.2) is 11.7 Å². The molecule has 1 aliphatic carbocycles. The van der Waals surface area contributed by atoms with Gasteiger partial charge in [0.05, 0.1) is 16.0 Å². The van der Waals surface area contributed by atoms with E-state index in [0.29, 0.717) is 16.2 Å². The van der Waals surface area contributed by atoms with Crippen LogP contribution in [0, 0.1) is 0 Å². The van der Waals surface area contributed by atoms with E-state index in [9.17, 15) is 4.79 Å². The van der Waals surface area contributed by atoms with E-state index in [1.54, 1.807) is 0 Å². The van der Waals surface area contributed by atoms with Gasteiger partial charge in [0.1, 0.15) is 5.75 Å². The van der Waals surface area contributed by atoms with Crippen LogP contribution < -0.4 is 10.1 Å². The molecule has 0 radical (unpaired) electrons. The van der Waals surface area contributed by atoms with Gasteiger partial charge in [-0.3, -0.25) is 4.79 Å². The molecule has 2 heterocycles. The number of fused-ring (bicyclic) bond motifs is 2. The fourth-order valence-electron chi connectivity index (χ4n) is 3.51. The molecule has 0 saturated heterocycles. The Morgan fingerprint density at radius 3 is 2.90 bits per heavy atom. The minimum atomic E-state index is -0.172. The van der Waals surface area contributed by atoms with Gasteiger partial charge in [-0.25, -0.2) is 4.98 Å². The van der Waals surface area contributed by atoms with Crippen LogP contribution in [0.4, 0.5) is 5.13 Å². The van der Waals surface area contributed by atoms with E-state index < -0.39 is 0 Å². The Hall–Kier alpha value is -2.91. The Morgan fingerprint density at radius 2 is 2.00 bits per heavy atom. The van der Waals surface area contributed by atoms with E-state index in [4.69, 9.17) is 9.15 Å². The number of thioether (sulfide) groups is 1. The summed E-state index contributed by atoms with van der Waals surface area (Å²) in [6.45, 7) is 0.199. The molecular weight excluding hydrogens is 432 g/mol. The van der Waals surface area contributed by atoms with E-state index in [0.717, 1.165) is 28.8 Å². The number of ether oxygens (including phenoxy) is 1. The summed E-state index contributed by atoms with van der Waals surface area (Å²) in [5.74, 6) is 1.17. The maximum Gasteiger partial charge on any atom is 0.277 e. The number of hydrogen-bond acceptors (Lipinski definition) is 8. The molecule has 31 heavy (non-hydrogen) atoms. The summed E-state index contributed by atoms with van der Waals surface area (Å²) in [5.41, 5.74) is 3.65. The van der Waals surface area contributed by atoms with Crippen molar-refractivity contribution in [3.63, 3.8) is 0 Å². The molecule has 2 aromatic carbocycles. The van der Waals surface area contributed by atoms with Gasteiger partial charge < -0.3 is 14.5 Å². The second kappa shape index (κ2) is 9.07. The lowest BCUT2D eigenvalue weighted by Crippen LogP contribution is -2.13. The molecule has 5 rings (SSSR count). The zero-order chi connectivity index (χ0) is 21.0. The lowest BCUT2D eigenvalue weighted by Gasteiger charge is -2.16. The van der Waals surface area contributed by atoms with Crippen LogP contribution in [0.3, 0.4) is 0 Å². The molecule has 9 heteroatoms. The van der Waals surface area contributed by atoms with E-state index in [1.807, 2.05) is 30.3 Å². The van der Waals surface area contributed by atoms with Crippen LogP contribution in [0.15, 0.2) is 52.1 Å². The lowest BCUT2D eigenvalue weighted by atomic mass is 9.92.